The first kappa shape index (κ1) is 18.4. The Kier molecular flexibility index (Phi) is 5.43. The summed E-state index contributed by atoms with van der Waals surface area (Å²) in [6, 6.07) is 16.6. The van der Waals surface area contributed by atoms with Crippen LogP contribution in [-0.4, -0.2) is 46.9 Å². The average Bonchev–Trinajstić information content (AvgIpc) is 2.70. The first-order valence-electron chi connectivity index (χ1n) is 8.91. The molecule has 0 atom stereocenters. The summed E-state index contributed by atoms with van der Waals surface area (Å²) >= 11 is 9.47. The van der Waals surface area contributed by atoms with Crippen molar-refractivity contribution in [2.75, 3.05) is 26.2 Å². The number of fused-ring (bicyclic) bond motifs is 1. The van der Waals surface area contributed by atoms with Gasteiger partial charge in [-0.2, -0.15) is 0 Å². The van der Waals surface area contributed by atoms with E-state index in [1.807, 2.05) is 4.90 Å². The maximum Gasteiger partial charge on any atom is 0.257 e. The third-order valence-corrected chi connectivity index (χ3v) is 5.70. The van der Waals surface area contributed by atoms with Gasteiger partial charge in [0.2, 0.25) is 0 Å². The molecule has 1 saturated heterocycles. The predicted octanol–water partition coefficient (Wildman–Crippen LogP) is 4.61. The summed E-state index contributed by atoms with van der Waals surface area (Å²) in [6.45, 7) is 3.95. The van der Waals surface area contributed by atoms with Crippen LogP contribution in [0.15, 0.2) is 59.2 Å². The third kappa shape index (κ3) is 4.00. The number of carbonyl (C=O) groups is 1. The summed E-state index contributed by atoms with van der Waals surface area (Å²) in [7, 11) is 0. The van der Waals surface area contributed by atoms with Gasteiger partial charge >= 0.3 is 0 Å². The van der Waals surface area contributed by atoms with Crippen LogP contribution in [0.1, 0.15) is 15.9 Å². The molecule has 0 saturated carbocycles. The van der Waals surface area contributed by atoms with Crippen LogP contribution in [0, 0.1) is 0 Å². The number of rotatable bonds is 3. The normalized spacial score (nSPS) is 15.3. The minimum absolute atomic E-state index is 0.0568. The molecule has 3 aromatic rings. The van der Waals surface area contributed by atoms with Crippen molar-refractivity contribution in [3.8, 4) is 0 Å². The molecule has 1 aliphatic heterocycles. The molecule has 1 amide bonds. The van der Waals surface area contributed by atoms with Gasteiger partial charge in [0.05, 0.1) is 5.56 Å². The number of carbonyl (C=O) groups excluding carboxylic acids is 1. The van der Waals surface area contributed by atoms with Crippen molar-refractivity contribution in [2.24, 2.45) is 0 Å². The van der Waals surface area contributed by atoms with Crippen LogP contribution in [0.4, 0.5) is 0 Å². The number of nitrogens with zero attached hydrogens (tertiary/aromatic N) is 3. The molecule has 2 aromatic carbocycles. The van der Waals surface area contributed by atoms with Crippen molar-refractivity contribution in [3.63, 3.8) is 0 Å². The molecule has 0 spiro atoms. The number of hydrogen-bond donors (Lipinski definition) is 0. The Balaban J connectivity index is 1.43. The van der Waals surface area contributed by atoms with Crippen LogP contribution in [0.5, 0.6) is 0 Å². The lowest BCUT2D eigenvalue weighted by Gasteiger charge is -2.35. The zero-order valence-corrected chi connectivity index (χ0v) is 17.1. The fraction of sp³-hybridized carbons (Fsp3) is 0.238. The summed E-state index contributed by atoms with van der Waals surface area (Å²) in [6.07, 6.45) is 1.60. The summed E-state index contributed by atoms with van der Waals surface area (Å²) in [5.41, 5.74) is 1.78. The molecule has 1 aliphatic rings. The number of hydrogen-bond acceptors (Lipinski definition) is 3. The fourth-order valence-corrected chi connectivity index (χ4v) is 4.04. The molecule has 4 rings (SSSR count). The topological polar surface area (TPSA) is 36.4 Å². The standard InChI is InChI=1S/C21H19BrClN3O/c22-17-12-19(20(23)24-13-17)21(27)26-10-8-25(9-11-26)14-16-6-3-5-15-4-1-2-7-18(15)16/h1-7,12-13H,8-11,14H2. The number of pyridine rings is 1. The van der Waals surface area contributed by atoms with Crippen LogP contribution >= 0.6 is 27.5 Å². The summed E-state index contributed by atoms with van der Waals surface area (Å²) in [5.74, 6) is -0.0568. The van der Waals surface area contributed by atoms with Gasteiger partial charge in [0, 0.05) is 43.4 Å². The molecular formula is C21H19BrClN3O. The number of benzene rings is 2. The maximum absolute atomic E-state index is 12.8. The molecule has 0 aliphatic carbocycles. The molecule has 0 radical (unpaired) electrons. The molecule has 1 fully saturated rings. The molecule has 4 nitrogen and oxygen atoms in total. The van der Waals surface area contributed by atoms with Crippen molar-refractivity contribution in [1.82, 2.24) is 14.8 Å². The van der Waals surface area contributed by atoms with Crippen molar-refractivity contribution in [1.29, 1.82) is 0 Å². The molecule has 27 heavy (non-hydrogen) atoms. The second-order valence-electron chi connectivity index (χ2n) is 6.70. The van der Waals surface area contributed by atoms with Crippen molar-refractivity contribution in [2.45, 2.75) is 6.54 Å². The van der Waals surface area contributed by atoms with Crippen LogP contribution in [-0.2, 0) is 6.54 Å². The number of piperazine rings is 1. The Morgan fingerprint density at radius 2 is 1.81 bits per heavy atom. The van der Waals surface area contributed by atoms with Crippen LogP contribution in [0.3, 0.4) is 0 Å². The minimum Gasteiger partial charge on any atom is -0.336 e. The van der Waals surface area contributed by atoms with E-state index in [0.717, 1.165) is 24.1 Å². The van der Waals surface area contributed by atoms with Gasteiger partial charge in [-0.1, -0.05) is 54.1 Å². The Morgan fingerprint density at radius 1 is 1.07 bits per heavy atom. The summed E-state index contributed by atoms with van der Waals surface area (Å²) in [5, 5.41) is 2.81. The quantitative estimate of drug-likeness (QED) is 0.554. The second kappa shape index (κ2) is 7.97. The maximum atomic E-state index is 12.8. The van der Waals surface area contributed by atoms with Gasteiger partial charge in [0.15, 0.2) is 0 Å². The number of amides is 1. The Hall–Kier alpha value is -1.95. The van der Waals surface area contributed by atoms with Crippen molar-refractivity contribution >= 4 is 44.2 Å². The largest absolute Gasteiger partial charge is 0.336 e. The van der Waals surface area contributed by atoms with E-state index in [9.17, 15) is 4.79 Å². The van der Waals surface area contributed by atoms with E-state index in [1.54, 1.807) is 12.3 Å². The van der Waals surface area contributed by atoms with E-state index in [0.29, 0.717) is 18.7 Å². The number of halogens is 2. The zero-order chi connectivity index (χ0) is 18.8. The molecule has 6 heteroatoms. The minimum atomic E-state index is -0.0568. The molecule has 0 bridgehead atoms. The van der Waals surface area contributed by atoms with E-state index in [-0.39, 0.29) is 11.1 Å². The molecular weight excluding hydrogens is 426 g/mol. The average molecular weight is 445 g/mol. The van der Waals surface area contributed by atoms with Gasteiger partial charge in [0.25, 0.3) is 5.91 Å². The highest BCUT2D eigenvalue weighted by atomic mass is 79.9. The van der Waals surface area contributed by atoms with Crippen LogP contribution in [0.2, 0.25) is 5.15 Å². The van der Waals surface area contributed by atoms with Crippen molar-refractivity contribution in [3.05, 3.63) is 75.5 Å². The van der Waals surface area contributed by atoms with Gasteiger partial charge in [0.1, 0.15) is 5.15 Å². The predicted molar refractivity (Wildman–Crippen MR) is 112 cm³/mol. The summed E-state index contributed by atoms with van der Waals surface area (Å²) < 4.78 is 0.754. The first-order valence-corrected chi connectivity index (χ1v) is 10.1. The van der Waals surface area contributed by atoms with E-state index in [4.69, 9.17) is 11.6 Å². The highest BCUT2D eigenvalue weighted by Gasteiger charge is 2.24. The van der Waals surface area contributed by atoms with Gasteiger partial charge in [-0.3, -0.25) is 9.69 Å². The smallest absolute Gasteiger partial charge is 0.257 e. The lowest BCUT2D eigenvalue weighted by atomic mass is 10.0. The SMILES string of the molecule is O=C(c1cc(Br)cnc1Cl)N1CCN(Cc2cccc3ccccc23)CC1. The fourth-order valence-electron chi connectivity index (χ4n) is 3.52. The van der Waals surface area contributed by atoms with Crippen molar-refractivity contribution < 1.29 is 4.79 Å². The Labute approximate surface area is 171 Å². The lowest BCUT2D eigenvalue weighted by molar-refractivity contribution is 0.0628. The van der Waals surface area contributed by atoms with Gasteiger partial charge in [-0.25, -0.2) is 4.98 Å². The highest BCUT2D eigenvalue weighted by Crippen LogP contribution is 2.22. The highest BCUT2D eigenvalue weighted by molar-refractivity contribution is 9.10. The van der Waals surface area contributed by atoms with E-state index >= 15 is 0 Å². The Bertz CT molecular complexity index is 981. The Morgan fingerprint density at radius 3 is 2.63 bits per heavy atom. The van der Waals surface area contributed by atoms with Crippen LogP contribution < -0.4 is 0 Å². The second-order valence-corrected chi connectivity index (χ2v) is 7.97. The van der Waals surface area contributed by atoms with E-state index in [2.05, 4.69) is 68.3 Å². The molecule has 138 valence electrons. The molecule has 0 unspecified atom stereocenters. The molecule has 2 heterocycles. The molecule has 0 N–H and O–H groups in total. The molecule has 1 aromatic heterocycles. The summed E-state index contributed by atoms with van der Waals surface area (Å²) in [4.78, 5) is 21.1. The van der Waals surface area contributed by atoms with Gasteiger partial charge in [-0.15, -0.1) is 0 Å². The zero-order valence-electron chi connectivity index (χ0n) is 14.7. The van der Waals surface area contributed by atoms with Gasteiger partial charge < -0.3 is 4.90 Å². The first-order chi connectivity index (χ1) is 13.1. The third-order valence-electron chi connectivity index (χ3n) is 4.97. The van der Waals surface area contributed by atoms with E-state index in [1.165, 1.54) is 16.3 Å². The monoisotopic (exact) mass is 443 g/mol. The van der Waals surface area contributed by atoms with Gasteiger partial charge in [-0.05, 0) is 38.3 Å². The lowest BCUT2D eigenvalue weighted by Crippen LogP contribution is -2.48. The van der Waals surface area contributed by atoms with Crippen LogP contribution in [0.25, 0.3) is 10.8 Å². The number of aromatic nitrogens is 1. The van der Waals surface area contributed by atoms with E-state index < -0.39 is 0 Å².